The summed E-state index contributed by atoms with van der Waals surface area (Å²) in [6.07, 6.45) is 3.15. The Hall–Kier alpha value is -0.450. The first-order chi connectivity index (χ1) is 7.76. The van der Waals surface area contributed by atoms with Crippen molar-refractivity contribution in [3.05, 3.63) is 16.1 Å². The molecule has 0 fully saturated rings. The minimum absolute atomic E-state index is 0.474. The number of thiazole rings is 1. The van der Waals surface area contributed by atoms with Crippen molar-refractivity contribution in [2.45, 2.75) is 39.2 Å². The maximum absolute atomic E-state index is 5.50. The highest BCUT2D eigenvalue weighted by atomic mass is 32.1. The van der Waals surface area contributed by atoms with Gasteiger partial charge in [0.25, 0.3) is 0 Å². The van der Waals surface area contributed by atoms with Crippen LogP contribution in [0.3, 0.4) is 0 Å². The van der Waals surface area contributed by atoms with Gasteiger partial charge in [0, 0.05) is 36.8 Å². The van der Waals surface area contributed by atoms with Gasteiger partial charge in [0.15, 0.2) is 0 Å². The largest absolute Gasteiger partial charge is 0.381 e. The lowest BCUT2D eigenvalue weighted by molar-refractivity contribution is 0.125. The van der Waals surface area contributed by atoms with E-state index in [2.05, 4.69) is 22.6 Å². The second kappa shape index (κ2) is 7.76. The molecular formula is C12H22N2OS. The van der Waals surface area contributed by atoms with Gasteiger partial charge in [0.1, 0.15) is 0 Å². The maximum atomic E-state index is 5.50. The van der Waals surface area contributed by atoms with E-state index in [9.17, 15) is 0 Å². The van der Waals surface area contributed by atoms with Crippen molar-refractivity contribution in [2.75, 3.05) is 20.3 Å². The topological polar surface area (TPSA) is 34.1 Å². The molecule has 0 saturated heterocycles. The molecule has 1 aromatic rings. The first kappa shape index (κ1) is 13.6. The van der Waals surface area contributed by atoms with Crippen LogP contribution in [0.5, 0.6) is 0 Å². The van der Waals surface area contributed by atoms with E-state index in [-0.39, 0.29) is 0 Å². The van der Waals surface area contributed by atoms with Crippen LogP contribution in [0.1, 0.15) is 30.5 Å². The molecule has 1 atom stereocenters. The van der Waals surface area contributed by atoms with Gasteiger partial charge in [-0.25, -0.2) is 4.98 Å². The fraction of sp³-hybridized carbons (Fsp3) is 0.750. The minimum Gasteiger partial charge on any atom is -0.381 e. The standard InChI is InChI=1S/C12H22N2OS/c1-4-6-15-7-5-11(13-3)8-12-14-10(2)9-16-12/h9,11,13H,4-8H2,1-3H3. The summed E-state index contributed by atoms with van der Waals surface area (Å²) < 4.78 is 5.50. The van der Waals surface area contributed by atoms with E-state index in [4.69, 9.17) is 4.74 Å². The van der Waals surface area contributed by atoms with Gasteiger partial charge in [0.05, 0.1) is 5.01 Å². The Morgan fingerprint density at radius 3 is 2.88 bits per heavy atom. The number of likely N-dealkylation sites (N-methyl/N-ethyl adjacent to an activating group) is 1. The molecule has 0 radical (unpaired) electrons. The molecule has 0 aliphatic carbocycles. The van der Waals surface area contributed by atoms with Crippen LogP contribution in [0, 0.1) is 6.92 Å². The molecule has 92 valence electrons. The van der Waals surface area contributed by atoms with E-state index in [1.807, 2.05) is 14.0 Å². The van der Waals surface area contributed by atoms with Gasteiger partial charge in [-0.15, -0.1) is 11.3 Å². The normalized spacial score (nSPS) is 12.9. The third-order valence-corrected chi connectivity index (χ3v) is 3.44. The molecule has 3 nitrogen and oxygen atoms in total. The van der Waals surface area contributed by atoms with Gasteiger partial charge in [-0.2, -0.15) is 0 Å². The van der Waals surface area contributed by atoms with Crippen LogP contribution >= 0.6 is 11.3 Å². The van der Waals surface area contributed by atoms with Crippen molar-refractivity contribution in [2.24, 2.45) is 0 Å². The summed E-state index contributed by atoms with van der Waals surface area (Å²) in [5, 5.41) is 6.65. The lowest BCUT2D eigenvalue weighted by Gasteiger charge is -2.14. The van der Waals surface area contributed by atoms with E-state index in [0.717, 1.165) is 38.2 Å². The highest BCUT2D eigenvalue weighted by Crippen LogP contribution is 2.12. The summed E-state index contributed by atoms with van der Waals surface area (Å²) >= 11 is 1.75. The van der Waals surface area contributed by atoms with E-state index in [1.54, 1.807) is 11.3 Å². The van der Waals surface area contributed by atoms with Gasteiger partial charge >= 0.3 is 0 Å². The molecule has 0 saturated carbocycles. The van der Waals surface area contributed by atoms with Crippen LogP contribution in [0.15, 0.2) is 5.38 Å². The molecule has 0 bridgehead atoms. The molecule has 1 heterocycles. The molecule has 16 heavy (non-hydrogen) atoms. The van der Waals surface area contributed by atoms with Gasteiger partial charge in [-0.1, -0.05) is 6.92 Å². The molecule has 0 aliphatic rings. The number of nitrogens with one attached hydrogen (secondary N) is 1. The van der Waals surface area contributed by atoms with Crippen molar-refractivity contribution >= 4 is 11.3 Å². The predicted molar refractivity (Wildman–Crippen MR) is 69.1 cm³/mol. The summed E-state index contributed by atoms with van der Waals surface area (Å²) in [6, 6.07) is 0.474. The third kappa shape index (κ3) is 5.05. The average molecular weight is 242 g/mol. The number of hydrogen-bond acceptors (Lipinski definition) is 4. The van der Waals surface area contributed by atoms with Crippen molar-refractivity contribution in [3.63, 3.8) is 0 Å². The lowest BCUT2D eigenvalue weighted by atomic mass is 10.1. The number of rotatable bonds is 8. The molecule has 0 aromatic carbocycles. The Morgan fingerprint density at radius 2 is 2.31 bits per heavy atom. The van der Waals surface area contributed by atoms with Crippen molar-refractivity contribution in [3.8, 4) is 0 Å². The van der Waals surface area contributed by atoms with Crippen LogP contribution in [-0.4, -0.2) is 31.3 Å². The number of nitrogens with zero attached hydrogens (tertiary/aromatic N) is 1. The molecular weight excluding hydrogens is 220 g/mol. The maximum Gasteiger partial charge on any atom is 0.0943 e. The second-order valence-corrected chi connectivity index (χ2v) is 4.92. The van der Waals surface area contributed by atoms with Gasteiger partial charge in [-0.05, 0) is 26.8 Å². The first-order valence-corrected chi connectivity index (χ1v) is 6.80. The number of ether oxygens (including phenoxy) is 1. The zero-order valence-corrected chi connectivity index (χ0v) is 11.3. The summed E-state index contributed by atoms with van der Waals surface area (Å²) in [6.45, 7) is 5.88. The molecule has 1 unspecified atom stereocenters. The molecule has 1 aromatic heterocycles. The second-order valence-electron chi connectivity index (χ2n) is 3.97. The monoisotopic (exact) mass is 242 g/mol. The Morgan fingerprint density at radius 1 is 1.50 bits per heavy atom. The van der Waals surface area contributed by atoms with Gasteiger partial charge in [0.2, 0.25) is 0 Å². The predicted octanol–water partition coefficient (Wildman–Crippen LogP) is 2.40. The SMILES string of the molecule is CCCOCCC(Cc1nc(C)cs1)NC. The van der Waals surface area contributed by atoms with Crippen LogP contribution < -0.4 is 5.32 Å². The van der Waals surface area contributed by atoms with Crippen LogP contribution in [0.2, 0.25) is 0 Å². The minimum atomic E-state index is 0.474. The van der Waals surface area contributed by atoms with E-state index >= 15 is 0 Å². The van der Waals surface area contributed by atoms with E-state index in [1.165, 1.54) is 5.01 Å². The van der Waals surface area contributed by atoms with Crippen molar-refractivity contribution in [1.82, 2.24) is 10.3 Å². The molecule has 0 amide bonds. The quantitative estimate of drug-likeness (QED) is 0.711. The fourth-order valence-corrected chi connectivity index (χ4v) is 2.38. The summed E-state index contributed by atoms with van der Waals surface area (Å²) in [4.78, 5) is 4.48. The van der Waals surface area contributed by atoms with Crippen LogP contribution in [-0.2, 0) is 11.2 Å². The number of aromatic nitrogens is 1. The lowest BCUT2D eigenvalue weighted by Crippen LogP contribution is -2.29. The molecule has 1 N–H and O–H groups in total. The van der Waals surface area contributed by atoms with Gasteiger partial charge < -0.3 is 10.1 Å². The molecule has 0 aliphatic heterocycles. The fourth-order valence-electron chi connectivity index (χ4n) is 1.53. The Balaban J connectivity index is 2.26. The van der Waals surface area contributed by atoms with Crippen molar-refractivity contribution < 1.29 is 4.74 Å². The van der Waals surface area contributed by atoms with Gasteiger partial charge in [-0.3, -0.25) is 0 Å². The Bertz CT molecular complexity index is 288. The third-order valence-electron chi connectivity index (χ3n) is 2.45. The van der Waals surface area contributed by atoms with Crippen LogP contribution in [0.4, 0.5) is 0 Å². The van der Waals surface area contributed by atoms with Crippen molar-refractivity contribution in [1.29, 1.82) is 0 Å². The van der Waals surface area contributed by atoms with Crippen LogP contribution in [0.25, 0.3) is 0 Å². The first-order valence-electron chi connectivity index (χ1n) is 5.92. The summed E-state index contributed by atoms with van der Waals surface area (Å²) in [5.74, 6) is 0. The highest BCUT2D eigenvalue weighted by molar-refractivity contribution is 7.09. The molecule has 1 rings (SSSR count). The molecule has 4 heteroatoms. The summed E-state index contributed by atoms with van der Waals surface area (Å²) in [7, 11) is 2.00. The number of aryl methyl sites for hydroxylation is 1. The number of hydrogen-bond donors (Lipinski definition) is 1. The smallest absolute Gasteiger partial charge is 0.0943 e. The summed E-state index contributed by atoms with van der Waals surface area (Å²) in [5.41, 5.74) is 1.12. The highest BCUT2D eigenvalue weighted by Gasteiger charge is 2.09. The zero-order chi connectivity index (χ0) is 11.8. The zero-order valence-electron chi connectivity index (χ0n) is 10.5. The molecule has 0 spiro atoms. The Kier molecular flexibility index (Phi) is 6.61. The van der Waals surface area contributed by atoms with E-state index < -0.39 is 0 Å². The Labute approximate surface area is 102 Å². The average Bonchev–Trinajstić information content (AvgIpc) is 2.68. The van der Waals surface area contributed by atoms with E-state index in [0.29, 0.717) is 6.04 Å².